The average Bonchev–Trinajstić information content (AvgIpc) is 2.93. The Kier molecular flexibility index (Phi) is 2.75. The van der Waals surface area contributed by atoms with Crippen LogP contribution in [0.1, 0.15) is 5.69 Å². The van der Waals surface area contributed by atoms with Gasteiger partial charge >= 0.3 is 0 Å². The highest BCUT2D eigenvalue weighted by atomic mass is 32.1. The Bertz CT molecular complexity index is 767. The Morgan fingerprint density at radius 3 is 2.84 bits per heavy atom. The smallest absolute Gasteiger partial charge is 0.200 e. The maximum Gasteiger partial charge on any atom is 0.200 e. The van der Waals surface area contributed by atoms with Gasteiger partial charge in [-0.3, -0.25) is 19.3 Å². The van der Waals surface area contributed by atoms with Gasteiger partial charge in [0.05, 0.1) is 11.4 Å². The van der Waals surface area contributed by atoms with Crippen LogP contribution >= 0.6 is 12.2 Å². The van der Waals surface area contributed by atoms with E-state index in [0.717, 1.165) is 22.8 Å². The first-order valence-electron chi connectivity index (χ1n) is 5.75. The van der Waals surface area contributed by atoms with E-state index in [4.69, 9.17) is 12.2 Å². The lowest BCUT2D eigenvalue weighted by atomic mass is 10.2. The molecule has 0 saturated heterocycles. The lowest BCUT2D eigenvalue weighted by Gasteiger charge is -2.04. The minimum absolute atomic E-state index is 0.537. The van der Waals surface area contributed by atoms with Crippen LogP contribution < -0.4 is 0 Å². The Balaban J connectivity index is 2.26. The van der Waals surface area contributed by atoms with E-state index >= 15 is 0 Å². The minimum atomic E-state index is 0.537. The fourth-order valence-corrected chi connectivity index (χ4v) is 2.25. The van der Waals surface area contributed by atoms with Gasteiger partial charge in [-0.15, -0.1) is 0 Å². The summed E-state index contributed by atoms with van der Waals surface area (Å²) in [5.41, 5.74) is 2.71. The van der Waals surface area contributed by atoms with E-state index in [1.54, 1.807) is 17.1 Å². The van der Waals surface area contributed by atoms with E-state index in [-0.39, 0.29) is 0 Å². The largest absolute Gasteiger partial charge is 0.273 e. The Labute approximate surface area is 114 Å². The summed E-state index contributed by atoms with van der Waals surface area (Å²) in [5.74, 6) is 0.731. The molecule has 3 aromatic rings. The van der Waals surface area contributed by atoms with Gasteiger partial charge in [0.25, 0.3) is 0 Å². The molecule has 7 heteroatoms. The maximum atomic E-state index is 5.31. The molecular formula is C12H12N6S. The summed E-state index contributed by atoms with van der Waals surface area (Å²) in [5, 5.41) is 11.4. The van der Waals surface area contributed by atoms with Crippen LogP contribution in [0.15, 0.2) is 30.7 Å². The van der Waals surface area contributed by atoms with Crippen LogP contribution in [0.25, 0.3) is 17.1 Å². The number of hydrogen-bond acceptors (Lipinski definition) is 4. The number of aromatic amines is 1. The van der Waals surface area contributed by atoms with Crippen molar-refractivity contribution in [3.8, 4) is 17.1 Å². The van der Waals surface area contributed by atoms with Crippen molar-refractivity contribution in [3.63, 3.8) is 0 Å². The Morgan fingerprint density at radius 2 is 2.21 bits per heavy atom. The molecule has 0 bridgehead atoms. The van der Waals surface area contributed by atoms with Crippen molar-refractivity contribution in [2.24, 2.45) is 7.05 Å². The average molecular weight is 272 g/mol. The summed E-state index contributed by atoms with van der Waals surface area (Å²) in [6.45, 7) is 1.94. The standard InChI is InChI=1S/C12H12N6S/c1-8-10(7-17(2)16-8)18-11(14-15-12(18)19)9-4-3-5-13-6-9/h3-7H,1-2H3,(H,15,19). The molecule has 6 nitrogen and oxygen atoms in total. The summed E-state index contributed by atoms with van der Waals surface area (Å²) < 4.78 is 4.16. The summed E-state index contributed by atoms with van der Waals surface area (Å²) in [4.78, 5) is 4.11. The number of aromatic nitrogens is 6. The molecule has 0 amide bonds. The second kappa shape index (κ2) is 4.43. The third kappa shape index (κ3) is 1.97. The number of rotatable bonds is 2. The molecule has 0 spiro atoms. The predicted molar refractivity (Wildman–Crippen MR) is 73.5 cm³/mol. The molecule has 0 saturated carbocycles. The van der Waals surface area contributed by atoms with E-state index in [0.29, 0.717) is 4.77 Å². The molecule has 0 fully saturated rings. The molecule has 0 atom stereocenters. The highest BCUT2D eigenvalue weighted by molar-refractivity contribution is 7.71. The first kappa shape index (κ1) is 11.8. The summed E-state index contributed by atoms with van der Waals surface area (Å²) in [7, 11) is 1.88. The maximum absolute atomic E-state index is 5.31. The van der Waals surface area contributed by atoms with Crippen molar-refractivity contribution >= 4 is 12.2 Å². The van der Waals surface area contributed by atoms with Gasteiger partial charge in [-0.1, -0.05) is 0 Å². The van der Waals surface area contributed by atoms with Crippen LogP contribution in [-0.2, 0) is 7.05 Å². The molecule has 3 heterocycles. The van der Waals surface area contributed by atoms with Crippen molar-refractivity contribution < 1.29 is 0 Å². The van der Waals surface area contributed by atoms with Gasteiger partial charge in [0.15, 0.2) is 10.6 Å². The van der Waals surface area contributed by atoms with Gasteiger partial charge in [0.1, 0.15) is 0 Å². The topological polar surface area (TPSA) is 64.3 Å². The zero-order valence-electron chi connectivity index (χ0n) is 10.5. The van der Waals surface area contributed by atoms with Crippen molar-refractivity contribution in [1.82, 2.24) is 29.5 Å². The van der Waals surface area contributed by atoms with E-state index < -0.39 is 0 Å². The Hall–Kier alpha value is -2.28. The molecule has 0 aliphatic carbocycles. The molecule has 0 aliphatic rings. The van der Waals surface area contributed by atoms with Gasteiger partial charge in [-0.05, 0) is 31.3 Å². The molecule has 0 aliphatic heterocycles. The van der Waals surface area contributed by atoms with Crippen molar-refractivity contribution in [1.29, 1.82) is 0 Å². The Morgan fingerprint density at radius 1 is 1.37 bits per heavy atom. The van der Waals surface area contributed by atoms with E-state index in [9.17, 15) is 0 Å². The number of nitrogens with zero attached hydrogens (tertiary/aromatic N) is 5. The lowest BCUT2D eigenvalue weighted by Crippen LogP contribution is -1.98. The first-order valence-corrected chi connectivity index (χ1v) is 6.16. The van der Waals surface area contributed by atoms with Crippen LogP contribution in [0.4, 0.5) is 0 Å². The number of H-pyrrole nitrogens is 1. The van der Waals surface area contributed by atoms with Crippen molar-refractivity contribution in [2.75, 3.05) is 0 Å². The number of pyridine rings is 1. The molecule has 19 heavy (non-hydrogen) atoms. The predicted octanol–water partition coefficient (Wildman–Crippen LogP) is 2.03. The van der Waals surface area contributed by atoms with Crippen LogP contribution in [0.5, 0.6) is 0 Å². The van der Waals surface area contributed by atoms with Gasteiger partial charge in [0, 0.05) is 31.2 Å². The molecule has 1 N–H and O–H groups in total. The second-order valence-corrected chi connectivity index (χ2v) is 4.59. The van der Waals surface area contributed by atoms with Crippen LogP contribution in [0.3, 0.4) is 0 Å². The zero-order valence-corrected chi connectivity index (χ0v) is 11.3. The number of nitrogens with one attached hydrogen (secondary N) is 1. The van der Waals surface area contributed by atoms with Crippen LogP contribution in [-0.4, -0.2) is 29.5 Å². The van der Waals surface area contributed by atoms with Crippen LogP contribution in [0, 0.1) is 11.7 Å². The molecule has 96 valence electrons. The summed E-state index contributed by atoms with van der Waals surface area (Å²) in [6.07, 6.45) is 5.40. The third-order valence-electron chi connectivity index (χ3n) is 2.82. The summed E-state index contributed by atoms with van der Waals surface area (Å²) in [6, 6.07) is 3.81. The minimum Gasteiger partial charge on any atom is -0.273 e. The molecular weight excluding hydrogens is 260 g/mol. The molecule has 0 aromatic carbocycles. The molecule has 0 radical (unpaired) electrons. The zero-order chi connectivity index (χ0) is 13.4. The molecule has 3 rings (SSSR count). The van der Waals surface area contributed by atoms with Crippen molar-refractivity contribution in [3.05, 3.63) is 41.2 Å². The highest BCUT2D eigenvalue weighted by Crippen LogP contribution is 2.21. The van der Waals surface area contributed by atoms with E-state index in [1.807, 2.05) is 36.9 Å². The highest BCUT2D eigenvalue weighted by Gasteiger charge is 2.14. The lowest BCUT2D eigenvalue weighted by molar-refractivity contribution is 0.756. The monoisotopic (exact) mass is 272 g/mol. The second-order valence-electron chi connectivity index (χ2n) is 4.20. The fraction of sp³-hybridized carbons (Fsp3) is 0.167. The molecule has 0 unspecified atom stereocenters. The third-order valence-corrected chi connectivity index (χ3v) is 3.09. The van der Waals surface area contributed by atoms with Gasteiger partial charge in [-0.25, -0.2) is 0 Å². The first-order chi connectivity index (χ1) is 9.16. The van der Waals surface area contributed by atoms with E-state index in [2.05, 4.69) is 20.3 Å². The summed E-state index contributed by atoms with van der Waals surface area (Å²) >= 11 is 5.31. The molecule has 3 aromatic heterocycles. The normalized spacial score (nSPS) is 10.8. The van der Waals surface area contributed by atoms with Gasteiger partial charge in [0.2, 0.25) is 0 Å². The fourth-order valence-electron chi connectivity index (χ4n) is 2.02. The van der Waals surface area contributed by atoms with Gasteiger partial charge < -0.3 is 0 Å². The van der Waals surface area contributed by atoms with Gasteiger partial charge in [-0.2, -0.15) is 10.2 Å². The number of hydrogen-bond donors (Lipinski definition) is 1. The van der Waals surface area contributed by atoms with Crippen LogP contribution in [0.2, 0.25) is 0 Å². The number of aryl methyl sites for hydroxylation is 2. The quantitative estimate of drug-likeness (QED) is 0.725. The SMILES string of the molecule is Cc1nn(C)cc1-n1c(-c2cccnc2)n[nH]c1=S. The van der Waals surface area contributed by atoms with E-state index in [1.165, 1.54) is 0 Å². The van der Waals surface area contributed by atoms with Crippen molar-refractivity contribution in [2.45, 2.75) is 6.92 Å².